The van der Waals surface area contributed by atoms with E-state index < -0.39 is 0 Å². The highest BCUT2D eigenvalue weighted by Crippen LogP contribution is 2.13. The van der Waals surface area contributed by atoms with Crippen LogP contribution < -0.4 is 5.32 Å². The normalized spacial score (nSPS) is 14.0. The zero-order chi connectivity index (χ0) is 13.5. The van der Waals surface area contributed by atoms with Crippen LogP contribution in [0.5, 0.6) is 0 Å². The minimum absolute atomic E-state index is 0.0811. The van der Waals surface area contributed by atoms with Crippen LogP contribution in [0.25, 0.3) is 0 Å². The molecule has 2 rings (SSSR count). The maximum Gasteiger partial charge on any atom is 0.0588 e. The van der Waals surface area contributed by atoms with Crippen LogP contribution in [0.3, 0.4) is 0 Å². The highest BCUT2D eigenvalue weighted by atomic mass is 16.3. The summed E-state index contributed by atoms with van der Waals surface area (Å²) < 4.78 is 0. The van der Waals surface area contributed by atoms with Crippen molar-refractivity contribution in [1.29, 1.82) is 0 Å². The lowest BCUT2D eigenvalue weighted by Crippen LogP contribution is -2.36. The Bertz CT molecular complexity index is 469. The van der Waals surface area contributed by atoms with Crippen molar-refractivity contribution in [2.75, 3.05) is 6.61 Å². The third kappa shape index (κ3) is 4.19. The maximum absolute atomic E-state index is 9.52. The van der Waals surface area contributed by atoms with Crippen molar-refractivity contribution in [1.82, 2.24) is 5.32 Å². The molecule has 0 heterocycles. The highest BCUT2D eigenvalue weighted by molar-refractivity contribution is 5.19. The molecule has 0 saturated carbocycles. The predicted molar refractivity (Wildman–Crippen MR) is 79.0 cm³/mol. The molecule has 0 amide bonds. The van der Waals surface area contributed by atoms with E-state index in [1.807, 2.05) is 36.4 Å². The second kappa shape index (κ2) is 7.07. The Kier molecular flexibility index (Phi) is 5.13. The molecule has 0 aliphatic heterocycles. The number of nitrogens with one attached hydrogen (secondary N) is 1. The van der Waals surface area contributed by atoms with E-state index in [0.717, 1.165) is 6.42 Å². The van der Waals surface area contributed by atoms with Gasteiger partial charge in [-0.3, -0.25) is 0 Å². The molecule has 0 saturated heterocycles. The van der Waals surface area contributed by atoms with Crippen molar-refractivity contribution < 1.29 is 5.11 Å². The van der Waals surface area contributed by atoms with Gasteiger partial charge in [-0.2, -0.15) is 0 Å². The van der Waals surface area contributed by atoms with Gasteiger partial charge in [-0.15, -0.1) is 0 Å². The number of aliphatic hydroxyl groups is 1. The Balaban J connectivity index is 1.96. The predicted octanol–water partition coefficient (Wildman–Crippen LogP) is 2.94. The Morgan fingerprint density at radius 2 is 1.53 bits per heavy atom. The zero-order valence-electron chi connectivity index (χ0n) is 11.3. The maximum atomic E-state index is 9.52. The summed E-state index contributed by atoms with van der Waals surface area (Å²) in [6, 6.07) is 20.9. The second-order valence-corrected chi connectivity index (χ2v) is 4.87. The number of hydrogen-bond acceptors (Lipinski definition) is 2. The van der Waals surface area contributed by atoms with Gasteiger partial charge in [0.05, 0.1) is 6.61 Å². The van der Waals surface area contributed by atoms with Crippen LogP contribution in [-0.2, 0) is 6.42 Å². The van der Waals surface area contributed by atoms with Crippen LogP contribution in [0.2, 0.25) is 0 Å². The van der Waals surface area contributed by atoms with Crippen LogP contribution in [0.1, 0.15) is 24.1 Å². The van der Waals surface area contributed by atoms with Gasteiger partial charge in [0.15, 0.2) is 0 Å². The van der Waals surface area contributed by atoms with Gasteiger partial charge in [-0.05, 0) is 24.5 Å². The molecule has 2 aromatic rings. The molecule has 1 unspecified atom stereocenters. The summed E-state index contributed by atoms with van der Waals surface area (Å²) in [6.45, 7) is 2.27. The van der Waals surface area contributed by atoms with Crippen molar-refractivity contribution >= 4 is 0 Å². The standard InChI is InChI=1S/C17H21NO/c1-14(16-10-6-3-7-11-16)18-17(13-19)12-15-8-4-2-5-9-15/h2-11,14,17-19H,12-13H2,1H3/t14?,17-/m1/s1. The van der Waals surface area contributed by atoms with E-state index in [1.165, 1.54) is 11.1 Å². The summed E-state index contributed by atoms with van der Waals surface area (Å²) in [6.07, 6.45) is 0.842. The fraction of sp³-hybridized carbons (Fsp3) is 0.294. The van der Waals surface area contributed by atoms with E-state index in [9.17, 15) is 5.11 Å². The van der Waals surface area contributed by atoms with E-state index in [-0.39, 0.29) is 18.7 Å². The second-order valence-electron chi connectivity index (χ2n) is 4.87. The van der Waals surface area contributed by atoms with E-state index in [2.05, 4.69) is 36.5 Å². The molecule has 0 aliphatic rings. The largest absolute Gasteiger partial charge is 0.395 e. The zero-order valence-corrected chi connectivity index (χ0v) is 11.3. The van der Waals surface area contributed by atoms with Gasteiger partial charge in [-0.25, -0.2) is 0 Å². The monoisotopic (exact) mass is 255 g/mol. The van der Waals surface area contributed by atoms with Crippen LogP contribution in [0.15, 0.2) is 60.7 Å². The van der Waals surface area contributed by atoms with Gasteiger partial charge in [0.2, 0.25) is 0 Å². The van der Waals surface area contributed by atoms with Crippen LogP contribution in [-0.4, -0.2) is 17.8 Å². The van der Waals surface area contributed by atoms with Gasteiger partial charge < -0.3 is 10.4 Å². The average molecular weight is 255 g/mol. The van der Waals surface area contributed by atoms with E-state index in [1.54, 1.807) is 0 Å². The molecule has 2 heteroatoms. The number of benzene rings is 2. The lowest BCUT2D eigenvalue weighted by molar-refractivity contribution is 0.232. The number of rotatable bonds is 6. The molecule has 0 aromatic heterocycles. The Morgan fingerprint density at radius 3 is 2.11 bits per heavy atom. The Labute approximate surface area is 115 Å². The minimum atomic E-state index is 0.0811. The van der Waals surface area contributed by atoms with Crippen molar-refractivity contribution in [3.63, 3.8) is 0 Å². The molecular formula is C17H21NO. The van der Waals surface area contributed by atoms with Gasteiger partial charge in [0.25, 0.3) is 0 Å². The highest BCUT2D eigenvalue weighted by Gasteiger charge is 2.12. The smallest absolute Gasteiger partial charge is 0.0588 e. The fourth-order valence-corrected chi connectivity index (χ4v) is 2.27. The number of aliphatic hydroxyl groups excluding tert-OH is 1. The summed E-state index contributed by atoms with van der Waals surface area (Å²) in [5.74, 6) is 0. The number of hydrogen-bond donors (Lipinski definition) is 2. The van der Waals surface area contributed by atoms with Gasteiger partial charge in [0, 0.05) is 12.1 Å². The van der Waals surface area contributed by atoms with E-state index >= 15 is 0 Å². The lowest BCUT2D eigenvalue weighted by atomic mass is 10.0. The summed E-state index contributed by atoms with van der Waals surface area (Å²) in [7, 11) is 0. The fourth-order valence-electron chi connectivity index (χ4n) is 2.27. The van der Waals surface area contributed by atoms with E-state index in [4.69, 9.17) is 0 Å². The SMILES string of the molecule is CC(N[C@@H](CO)Cc1ccccc1)c1ccccc1. The molecule has 2 aromatic carbocycles. The first-order valence-electron chi connectivity index (χ1n) is 6.75. The summed E-state index contributed by atoms with van der Waals surface area (Å²) >= 11 is 0. The first kappa shape index (κ1) is 13.8. The van der Waals surface area contributed by atoms with Crippen LogP contribution >= 0.6 is 0 Å². The third-order valence-corrected chi connectivity index (χ3v) is 3.33. The lowest BCUT2D eigenvalue weighted by Gasteiger charge is -2.22. The van der Waals surface area contributed by atoms with Crippen LogP contribution in [0.4, 0.5) is 0 Å². The summed E-state index contributed by atoms with van der Waals surface area (Å²) in [5, 5.41) is 13.0. The van der Waals surface area contributed by atoms with Crippen molar-refractivity contribution in [2.24, 2.45) is 0 Å². The van der Waals surface area contributed by atoms with Crippen molar-refractivity contribution in [3.8, 4) is 0 Å². The quantitative estimate of drug-likeness (QED) is 0.832. The molecule has 19 heavy (non-hydrogen) atoms. The molecule has 0 radical (unpaired) electrons. The van der Waals surface area contributed by atoms with Crippen molar-refractivity contribution in [2.45, 2.75) is 25.4 Å². The molecule has 2 nitrogen and oxygen atoms in total. The molecule has 0 bridgehead atoms. The van der Waals surface area contributed by atoms with Gasteiger partial charge in [0.1, 0.15) is 0 Å². The molecule has 2 N–H and O–H groups in total. The molecule has 2 atom stereocenters. The topological polar surface area (TPSA) is 32.3 Å². The summed E-state index contributed by atoms with van der Waals surface area (Å²) in [4.78, 5) is 0. The molecular weight excluding hydrogens is 234 g/mol. The Morgan fingerprint density at radius 1 is 0.947 bits per heavy atom. The van der Waals surface area contributed by atoms with E-state index in [0.29, 0.717) is 0 Å². The first-order valence-corrected chi connectivity index (χ1v) is 6.75. The minimum Gasteiger partial charge on any atom is -0.395 e. The average Bonchev–Trinajstić information content (AvgIpc) is 2.48. The molecule has 0 fully saturated rings. The third-order valence-electron chi connectivity index (χ3n) is 3.33. The van der Waals surface area contributed by atoms with Gasteiger partial charge in [-0.1, -0.05) is 60.7 Å². The molecule has 0 spiro atoms. The molecule has 0 aliphatic carbocycles. The first-order chi connectivity index (χ1) is 9.29. The molecule has 100 valence electrons. The van der Waals surface area contributed by atoms with Crippen molar-refractivity contribution in [3.05, 3.63) is 71.8 Å². The Hall–Kier alpha value is -1.64. The summed E-state index contributed by atoms with van der Waals surface area (Å²) in [5.41, 5.74) is 2.49. The van der Waals surface area contributed by atoms with Crippen LogP contribution in [0, 0.1) is 0 Å². The van der Waals surface area contributed by atoms with Gasteiger partial charge >= 0.3 is 0 Å².